The van der Waals surface area contributed by atoms with E-state index in [1.807, 2.05) is 4.57 Å². The third kappa shape index (κ3) is 1.77. The zero-order valence-corrected chi connectivity index (χ0v) is 10.9. The summed E-state index contributed by atoms with van der Waals surface area (Å²) in [6.45, 7) is 2.90. The van der Waals surface area contributed by atoms with Crippen molar-refractivity contribution in [2.75, 3.05) is 0 Å². The Morgan fingerprint density at radius 3 is 2.72 bits per heavy atom. The van der Waals surface area contributed by atoms with Gasteiger partial charge >= 0.3 is 0 Å². The van der Waals surface area contributed by atoms with Gasteiger partial charge in [-0.1, -0.05) is 13.3 Å². The first kappa shape index (κ1) is 11.8. The molecule has 0 aliphatic heterocycles. The minimum atomic E-state index is -0.589. The summed E-state index contributed by atoms with van der Waals surface area (Å²) in [5.41, 5.74) is 1.02. The molecule has 1 fully saturated rings. The number of benzene rings is 1. The van der Waals surface area contributed by atoms with Crippen LogP contribution in [0.3, 0.4) is 0 Å². The highest BCUT2D eigenvalue weighted by atomic mass is 32.1. The lowest BCUT2D eigenvalue weighted by Crippen LogP contribution is -2.30. The van der Waals surface area contributed by atoms with E-state index in [1.54, 1.807) is 0 Å². The molecular weight excluding hydrogens is 254 g/mol. The largest absolute Gasteiger partial charge is 0.328 e. The van der Waals surface area contributed by atoms with Gasteiger partial charge in [-0.15, -0.1) is 0 Å². The predicted molar refractivity (Wildman–Crippen MR) is 69.0 cm³/mol. The number of halogens is 2. The van der Waals surface area contributed by atoms with Crippen molar-refractivity contribution in [2.45, 2.75) is 32.7 Å². The summed E-state index contributed by atoms with van der Waals surface area (Å²) in [6, 6.07) is 2.22. The average Bonchev–Trinajstić information content (AvgIpc) is 2.55. The van der Waals surface area contributed by atoms with Gasteiger partial charge in [0.05, 0.1) is 5.52 Å². The molecule has 1 heterocycles. The second kappa shape index (κ2) is 3.88. The van der Waals surface area contributed by atoms with E-state index in [0.29, 0.717) is 22.3 Å². The van der Waals surface area contributed by atoms with Crippen LogP contribution in [-0.4, -0.2) is 9.55 Å². The first-order valence-electron chi connectivity index (χ1n) is 6.06. The lowest BCUT2D eigenvalue weighted by Gasteiger charge is -2.38. The summed E-state index contributed by atoms with van der Waals surface area (Å²) in [5.74, 6) is -1.16. The monoisotopic (exact) mass is 268 g/mol. The number of hydrogen-bond acceptors (Lipinski definition) is 1. The Labute approximate surface area is 109 Å². The molecule has 0 radical (unpaired) electrons. The van der Waals surface area contributed by atoms with Gasteiger partial charge in [0.25, 0.3) is 0 Å². The van der Waals surface area contributed by atoms with Crippen molar-refractivity contribution in [2.24, 2.45) is 5.41 Å². The topological polar surface area (TPSA) is 20.7 Å². The van der Waals surface area contributed by atoms with Crippen LogP contribution in [0.4, 0.5) is 8.78 Å². The molecule has 18 heavy (non-hydrogen) atoms. The highest BCUT2D eigenvalue weighted by molar-refractivity contribution is 7.71. The lowest BCUT2D eigenvalue weighted by atomic mass is 9.70. The zero-order chi connectivity index (χ0) is 12.9. The first-order chi connectivity index (χ1) is 8.48. The summed E-state index contributed by atoms with van der Waals surface area (Å²) >= 11 is 5.21. The molecule has 0 atom stereocenters. The second-order valence-corrected chi connectivity index (χ2v) is 5.85. The van der Waals surface area contributed by atoms with E-state index in [2.05, 4.69) is 11.9 Å². The van der Waals surface area contributed by atoms with E-state index in [-0.39, 0.29) is 5.41 Å². The van der Waals surface area contributed by atoms with Crippen LogP contribution in [0.1, 0.15) is 26.2 Å². The highest BCUT2D eigenvalue weighted by Crippen LogP contribution is 2.42. The SMILES string of the molecule is CC1(Cn2c(=S)[nH]c3c(F)cc(F)cc32)CCC1. The van der Waals surface area contributed by atoms with Crippen molar-refractivity contribution >= 4 is 23.3 Å². The minimum absolute atomic E-state index is 0.205. The smallest absolute Gasteiger partial charge is 0.178 e. The fourth-order valence-corrected chi connectivity index (χ4v) is 2.92. The first-order valence-corrected chi connectivity index (χ1v) is 6.47. The molecule has 1 N–H and O–H groups in total. The molecule has 0 bridgehead atoms. The van der Waals surface area contributed by atoms with E-state index in [1.165, 1.54) is 12.5 Å². The maximum absolute atomic E-state index is 13.6. The lowest BCUT2D eigenvalue weighted by molar-refractivity contribution is 0.133. The maximum atomic E-state index is 13.6. The van der Waals surface area contributed by atoms with E-state index < -0.39 is 11.6 Å². The van der Waals surface area contributed by atoms with Gasteiger partial charge < -0.3 is 9.55 Å². The molecule has 1 aromatic carbocycles. The minimum Gasteiger partial charge on any atom is -0.328 e. The van der Waals surface area contributed by atoms with Crippen molar-refractivity contribution in [3.8, 4) is 0 Å². The Hall–Kier alpha value is -1.23. The molecule has 2 nitrogen and oxygen atoms in total. The van der Waals surface area contributed by atoms with Crippen LogP contribution in [0, 0.1) is 21.8 Å². The van der Waals surface area contributed by atoms with Gasteiger partial charge in [-0.05, 0) is 36.5 Å². The van der Waals surface area contributed by atoms with Crippen LogP contribution in [0.25, 0.3) is 11.0 Å². The molecule has 0 saturated heterocycles. The van der Waals surface area contributed by atoms with Crippen molar-refractivity contribution in [1.82, 2.24) is 9.55 Å². The fourth-order valence-electron chi connectivity index (χ4n) is 2.66. The summed E-state index contributed by atoms with van der Waals surface area (Å²) < 4.78 is 29.2. The van der Waals surface area contributed by atoms with Crippen molar-refractivity contribution in [3.63, 3.8) is 0 Å². The van der Waals surface area contributed by atoms with Gasteiger partial charge in [-0.3, -0.25) is 0 Å². The Bertz CT molecular complexity index is 667. The fraction of sp³-hybridized carbons (Fsp3) is 0.462. The quantitative estimate of drug-likeness (QED) is 0.811. The van der Waals surface area contributed by atoms with Gasteiger partial charge in [-0.25, -0.2) is 8.78 Å². The van der Waals surface area contributed by atoms with Crippen LogP contribution in [0.5, 0.6) is 0 Å². The number of aromatic nitrogens is 2. The molecular formula is C13H14F2N2S. The number of imidazole rings is 1. The van der Waals surface area contributed by atoms with Gasteiger partial charge in [0.2, 0.25) is 0 Å². The molecule has 0 unspecified atom stereocenters. The Kier molecular flexibility index (Phi) is 2.55. The molecule has 5 heteroatoms. The van der Waals surface area contributed by atoms with E-state index in [0.717, 1.165) is 18.9 Å². The Balaban J connectivity index is 2.16. The normalized spacial score (nSPS) is 17.9. The maximum Gasteiger partial charge on any atom is 0.178 e. The van der Waals surface area contributed by atoms with Crippen LogP contribution >= 0.6 is 12.2 Å². The van der Waals surface area contributed by atoms with E-state index >= 15 is 0 Å². The molecule has 1 aromatic heterocycles. The van der Waals surface area contributed by atoms with Crippen LogP contribution < -0.4 is 0 Å². The van der Waals surface area contributed by atoms with Crippen LogP contribution in [0.2, 0.25) is 0 Å². The van der Waals surface area contributed by atoms with E-state index in [4.69, 9.17) is 12.2 Å². The van der Waals surface area contributed by atoms with Crippen molar-refractivity contribution in [1.29, 1.82) is 0 Å². The number of rotatable bonds is 2. The molecule has 0 spiro atoms. The number of nitrogens with zero attached hydrogens (tertiary/aromatic N) is 1. The number of hydrogen-bond donors (Lipinski definition) is 1. The third-order valence-electron chi connectivity index (χ3n) is 3.90. The molecule has 1 aliphatic carbocycles. The summed E-state index contributed by atoms with van der Waals surface area (Å²) in [6.07, 6.45) is 3.49. The summed E-state index contributed by atoms with van der Waals surface area (Å²) in [4.78, 5) is 2.83. The molecule has 2 aromatic rings. The standard InChI is InChI=1S/C13H14F2N2S/c1-13(3-2-4-13)7-17-10-6-8(14)5-9(15)11(10)16-12(17)18/h5-6H,2-4,7H2,1H3,(H,16,18). The van der Waals surface area contributed by atoms with Gasteiger partial charge in [0.15, 0.2) is 10.6 Å². The Morgan fingerprint density at radius 2 is 2.11 bits per heavy atom. The molecule has 1 saturated carbocycles. The number of aromatic amines is 1. The molecule has 3 rings (SSSR count). The summed E-state index contributed by atoms with van der Waals surface area (Å²) in [5, 5.41) is 0. The summed E-state index contributed by atoms with van der Waals surface area (Å²) in [7, 11) is 0. The number of H-pyrrole nitrogens is 1. The molecule has 1 aliphatic rings. The van der Waals surface area contributed by atoms with Gasteiger partial charge in [0.1, 0.15) is 11.3 Å². The third-order valence-corrected chi connectivity index (χ3v) is 4.23. The van der Waals surface area contributed by atoms with Crippen molar-refractivity contribution in [3.05, 3.63) is 28.5 Å². The molecule has 0 amide bonds. The Morgan fingerprint density at radius 1 is 1.39 bits per heavy atom. The van der Waals surface area contributed by atoms with Gasteiger partial charge in [0, 0.05) is 12.6 Å². The predicted octanol–water partition coefficient (Wildman–Crippen LogP) is 4.17. The van der Waals surface area contributed by atoms with Crippen LogP contribution in [-0.2, 0) is 6.54 Å². The number of nitrogens with one attached hydrogen (secondary N) is 1. The highest BCUT2D eigenvalue weighted by Gasteiger charge is 2.32. The van der Waals surface area contributed by atoms with E-state index in [9.17, 15) is 8.78 Å². The second-order valence-electron chi connectivity index (χ2n) is 5.46. The number of fused-ring (bicyclic) bond motifs is 1. The van der Waals surface area contributed by atoms with Gasteiger partial charge in [-0.2, -0.15) is 0 Å². The molecule has 96 valence electrons. The van der Waals surface area contributed by atoms with Crippen LogP contribution in [0.15, 0.2) is 12.1 Å². The zero-order valence-electron chi connectivity index (χ0n) is 10.1. The average molecular weight is 268 g/mol. The van der Waals surface area contributed by atoms with Crippen molar-refractivity contribution < 1.29 is 8.78 Å².